The average Bonchev–Trinajstić information content (AvgIpc) is 3.29. The van der Waals surface area contributed by atoms with Gasteiger partial charge in [-0.05, 0) is 63.8 Å². The Bertz CT molecular complexity index is 1350. The van der Waals surface area contributed by atoms with Crippen LogP contribution in [0.15, 0.2) is 48.5 Å². The average molecular weight is 531 g/mol. The minimum Gasteiger partial charge on any atom is -0.444 e. The van der Waals surface area contributed by atoms with Crippen LogP contribution in [-0.2, 0) is 28.9 Å². The molecule has 3 aromatic rings. The van der Waals surface area contributed by atoms with E-state index in [1.165, 1.54) is 5.56 Å². The van der Waals surface area contributed by atoms with E-state index in [0.29, 0.717) is 51.0 Å². The van der Waals surface area contributed by atoms with Gasteiger partial charge in [0, 0.05) is 72.8 Å². The van der Waals surface area contributed by atoms with E-state index in [1.807, 2.05) is 62.1 Å². The molecule has 0 aliphatic carbocycles. The van der Waals surface area contributed by atoms with Crippen molar-refractivity contribution < 1.29 is 19.1 Å². The SMILES string of the molecule is CC(C)(C)OC(=O)N1CCC(NC(=O)c2ccc3[nH]c4c(c3c2)CN(C(=O)CCc2ccccc2)CC4)CC1. The predicted octanol–water partition coefficient (Wildman–Crippen LogP) is 4.81. The number of aromatic amines is 1. The number of benzene rings is 2. The van der Waals surface area contributed by atoms with Gasteiger partial charge in [-0.2, -0.15) is 0 Å². The van der Waals surface area contributed by atoms with E-state index in [1.54, 1.807) is 4.90 Å². The number of piperidine rings is 1. The zero-order valence-electron chi connectivity index (χ0n) is 23.1. The lowest BCUT2D eigenvalue weighted by Crippen LogP contribution is -2.47. The number of H-pyrrole nitrogens is 1. The van der Waals surface area contributed by atoms with E-state index in [-0.39, 0.29) is 23.9 Å². The Hall–Kier alpha value is -3.81. The van der Waals surface area contributed by atoms with Crippen molar-refractivity contribution in [3.63, 3.8) is 0 Å². The van der Waals surface area contributed by atoms with Gasteiger partial charge in [0.05, 0.1) is 0 Å². The second-order valence-corrected chi connectivity index (χ2v) is 11.6. The topological polar surface area (TPSA) is 94.7 Å². The van der Waals surface area contributed by atoms with Gasteiger partial charge >= 0.3 is 6.09 Å². The molecule has 3 heterocycles. The lowest BCUT2D eigenvalue weighted by molar-refractivity contribution is -0.132. The number of rotatable bonds is 5. The third-order valence-electron chi connectivity index (χ3n) is 7.54. The van der Waals surface area contributed by atoms with Crippen LogP contribution in [0, 0.1) is 0 Å². The minimum atomic E-state index is -0.523. The number of hydrogen-bond donors (Lipinski definition) is 2. The van der Waals surface area contributed by atoms with Crippen molar-refractivity contribution >= 4 is 28.8 Å². The van der Waals surface area contributed by atoms with Gasteiger partial charge in [0.15, 0.2) is 0 Å². The molecule has 0 saturated carbocycles. The highest BCUT2D eigenvalue weighted by atomic mass is 16.6. The fourth-order valence-corrected chi connectivity index (χ4v) is 5.42. The summed E-state index contributed by atoms with van der Waals surface area (Å²) in [4.78, 5) is 45.6. The number of carbonyl (C=O) groups is 3. The molecule has 8 heteroatoms. The fourth-order valence-electron chi connectivity index (χ4n) is 5.42. The molecule has 39 heavy (non-hydrogen) atoms. The van der Waals surface area contributed by atoms with Crippen LogP contribution >= 0.6 is 0 Å². The lowest BCUT2D eigenvalue weighted by atomic mass is 10.0. The van der Waals surface area contributed by atoms with Gasteiger partial charge in [0.2, 0.25) is 5.91 Å². The lowest BCUT2D eigenvalue weighted by Gasteiger charge is -2.33. The number of carbonyl (C=O) groups excluding carboxylic acids is 3. The minimum absolute atomic E-state index is 0.00440. The maximum atomic E-state index is 13.2. The van der Waals surface area contributed by atoms with Crippen molar-refractivity contribution in [1.29, 1.82) is 0 Å². The molecule has 5 rings (SSSR count). The Kier molecular flexibility index (Phi) is 7.64. The largest absolute Gasteiger partial charge is 0.444 e. The molecule has 2 aliphatic rings. The van der Waals surface area contributed by atoms with Gasteiger partial charge in [-0.1, -0.05) is 30.3 Å². The van der Waals surface area contributed by atoms with E-state index < -0.39 is 5.60 Å². The molecule has 2 aromatic carbocycles. The number of nitrogens with one attached hydrogen (secondary N) is 2. The number of ether oxygens (including phenoxy) is 1. The summed E-state index contributed by atoms with van der Waals surface area (Å²) in [6, 6.07) is 15.8. The second kappa shape index (κ2) is 11.1. The molecule has 0 unspecified atom stereocenters. The molecule has 1 fully saturated rings. The Morgan fingerprint density at radius 2 is 1.74 bits per heavy atom. The zero-order valence-corrected chi connectivity index (χ0v) is 23.1. The van der Waals surface area contributed by atoms with Crippen LogP contribution in [-0.4, -0.2) is 64.0 Å². The van der Waals surface area contributed by atoms with Crippen molar-refractivity contribution in [2.75, 3.05) is 19.6 Å². The molecular weight excluding hydrogens is 492 g/mol. The Labute approximate surface area is 229 Å². The van der Waals surface area contributed by atoms with E-state index in [2.05, 4.69) is 22.4 Å². The highest BCUT2D eigenvalue weighted by Crippen LogP contribution is 2.29. The molecule has 0 atom stereocenters. The van der Waals surface area contributed by atoms with Crippen LogP contribution in [0.3, 0.4) is 0 Å². The summed E-state index contributed by atoms with van der Waals surface area (Å²) in [5.74, 6) is 0.0413. The number of amides is 3. The summed E-state index contributed by atoms with van der Waals surface area (Å²) in [6.07, 6.45) is 3.07. The van der Waals surface area contributed by atoms with E-state index in [4.69, 9.17) is 4.74 Å². The zero-order chi connectivity index (χ0) is 27.6. The van der Waals surface area contributed by atoms with Gasteiger partial charge in [-0.3, -0.25) is 9.59 Å². The molecule has 2 N–H and O–H groups in total. The second-order valence-electron chi connectivity index (χ2n) is 11.6. The van der Waals surface area contributed by atoms with Crippen molar-refractivity contribution in [3.05, 3.63) is 70.9 Å². The van der Waals surface area contributed by atoms with E-state index in [0.717, 1.165) is 35.0 Å². The van der Waals surface area contributed by atoms with Gasteiger partial charge in [0.25, 0.3) is 5.91 Å². The number of fused-ring (bicyclic) bond motifs is 3. The Balaban J connectivity index is 1.20. The van der Waals surface area contributed by atoms with Crippen molar-refractivity contribution in [3.8, 4) is 0 Å². The molecule has 206 valence electrons. The third kappa shape index (κ3) is 6.44. The molecule has 2 aliphatic heterocycles. The van der Waals surface area contributed by atoms with Crippen LogP contribution < -0.4 is 5.32 Å². The summed E-state index contributed by atoms with van der Waals surface area (Å²) >= 11 is 0. The fraction of sp³-hybridized carbons (Fsp3) is 0.452. The van der Waals surface area contributed by atoms with Crippen molar-refractivity contribution in [2.24, 2.45) is 0 Å². The number of aryl methyl sites for hydroxylation is 1. The normalized spacial score (nSPS) is 16.2. The monoisotopic (exact) mass is 530 g/mol. The maximum absolute atomic E-state index is 13.2. The van der Waals surface area contributed by atoms with Crippen LogP contribution in [0.4, 0.5) is 4.79 Å². The highest BCUT2D eigenvalue weighted by molar-refractivity contribution is 5.99. The summed E-state index contributed by atoms with van der Waals surface area (Å²) in [6.45, 7) is 7.93. The summed E-state index contributed by atoms with van der Waals surface area (Å²) in [7, 11) is 0. The summed E-state index contributed by atoms with van der Waals surface area (Å²) < 4.78 is 5.47. The number of hydrogen-bond acceptors (Lipinski definition) is 4. The summed E-state index contributed by atoms with van der Waals surface area (Å²) in [5, 5.41) is 4.14. The van der Waals surface area contributed by atoms with E-state index >= 15 is 0 Å². The standard InChI is InChI=1S/C31H38N4O4/c1-31(2,3)39-30(38)34-16-13-23(14-17-34)32-29(37)22-10-11-26-24(19-22)25-20-35(18-15-27(25)33-26)28(36)12-9-21-7-5-4-6-8-21/h4-8,10-11,19,23,33H,9,12-18,20H2,1-3H3,(H,32,37). The molecule has 0 spiro atoms. The maximum Gasteiger partial charge on any atom is 0.410 e. The predicted molar refractivity (Wildman–Crippen MR) is 150 cm³/mol. The van der Waals surface area contributed by atoms with Gasteiger partial charge in [0.1, 0.15) is 5.60 Å². The molecule has 0 bridgehead atoms. The Morgan fingerprint density at radius 1 is 1.00 bits per heavy atom. The van der Waals surface area contributed by atoms with Crippen LogP contribution in [0.2, 0.25) is 0 Å². The number of aromatic nitrogens is 1. The first-order valence-corrected chi connectivity index (χ1v) is 13.9. The molecular formula is C31H38N4O4. The molecule has 8 nitrogen and oxygen atoms in total. The molecule has 0 radical (unpaired) electrons. The molecule has 1 saturated heterocycles. The van der Waals surface area contributed by atoms with Crippen LogP contribution in [0.25, 0.3) is 10.9 Å². The van der Waals surface area contributed by atoms with Crippen LogP contribution in [0.5, 0.6) is 0 Å². The number of nitrogens with zero attached hydrogens (tertiary/aromatic N) is 2. The van der Waals surface area contributed by atoms with Gasteiger partial charge in [-0.15, -0.1) is 0 Å². The summed E-state index contributed by atoms with van der Waals surface area (Å²) in [5.41, 5.74) is 4.48. The van der Waals surface area contributed by atoms with Crippen LogP contribution in [0.1, 0.15) is 67.2 Å². The van der Waals surface area contributed by atoms with Crippen molar-refractivity contribution in [2.45, 2.75) is 71.1 Å². The smallest absolute Gasteiger partial charge is 0.410 e. The first kappa shape index (κ1) is 26.8. The molecule has 3 amide bonds. The van der Waals surface area contributed by atoms with E-state index in [9.17, 15) is 14.4 Å². The van der Waals surface area contributed by atoms with Gasteiger partial charge < -0.3 is 24.8 Å². The van der Waals surface area contributed by atoms with Crippen molar-refractivity contribution in [1.82, 2.24) is 20.1 Å². The first-order chi connectivity index (χ1) is 18.7. The quantitative estimate of drug-likeness (QED) is 0.495. The Morgan fingerprint density at radius 3 is 2.46 bits per heavy atom. The first-order valence-electron chi connectivity index (χ1n) is 13.9. The number of likely N-dealkylation sites (tertiary alicyclic amines) is 1. The van der Waals surface area contributed by atoms with Gasteiger partial charge in [-0.25, -0.2) is 4.79 Å². The third-order valence-corrected chi connectivity index (χ3v) is 7.54. The highest BCUT2D eigenvalue weighted by Gasteiger charge is 2.28. The molecule has 1 aromatic heterocycles.